The number of rotatable bonds is 3. The second-order valence-corrected chi connectivity index (χ2v) is 7.13. The van der Waals surface area contributed by atoms with Gasteiger partial charge >= 0.3 is 0 Å². The minimum absolute atomic E-state index is 0.839. The Morgan fingerprint density at radius 2 is 1.70 bits per heavy atom. The molecule has 1 aromatic carbocycles. The van der Waals surface area contributed by atoms with Gasteiger partial charge in [-0.2, -0.15) is 0 Å². The number of thiophene rings is 1. The Labute approximate surface area is 133 Å². The molecule has 1 saturated heterocycles. The van der Waals surface area contributed by atoms with E-state index in [1.54, 1.807) is 11.3 Å². The van der Waals surface area contributed by atoms with E-state index in [1.165, 1.54) is 4.88 Å². The Kier molecular flexibility index (Phi) is 4.51. The van der Waals surface area contributed by atoms with Crippen molar-refractivity contribution < 1.29 is 0 Å². The van der Waals surface area contributed by atoms with E-state index in [0.29, 0.717) is 0 Å². The number of halogens is 2. The van der Waals surface area contributed by atoms with E-state index < -0.39 is 0 Å². The van der Waals surface area contributed by atoms with Crippen LogP contribution in [0.4, 0.5) is 5.69 Å². The minimum Gasteiger partial charge on any atom is -0.368 e. The molecule has 3 rings (SSSR count). The number of hydrogen-bond donors (Lipinski definition) is 0. The molecule has 0 N–H and O–H groups in total. The van der Waals surface area contributed by atoms with E-state index in [2.05, 4.69) is 21.9 Å². The molecular formula is C15H16Cl2N2S. The van der Waals surface area contributed by atoms with Gasteiger partial charge < -0.3 is 4.90 Å². The zero-order chi connectivity index (χ0) is 13.9. The van der Waals surface area contributed by atoms with Crippen LogP contribution in [0.2, 0.25) is 9.36 Å². The molecule has 1 fully saturated rings. The Bertz CT molecular complexity index is 577. The van der Waals surface area contributed by atoms with Gasteiger partial charge in [0, 0.05) is 37.6 Å². The number of para-hydroxylation sites is 1. The Morgan fingerprint density at radius 1 is 0.950 bits per heavy atom. The summed E-state index contributed by atoms with van der Waals surface area (Å²) < 4.78 is 0.870. The van der Waals surface area contributed by atoms with Gasteiger partial charge in [-0.15, -0.1) is 11.3 Å². The summed E-state index contributed by atoms with van der Waals surface area (Å²) in [6.07, 6.45) is 0. The number of piperazine rings is 1. The monoisotopic (exact) mass is 326 g/mol. The topological polar surface area (TPSA) is 6.48 Å². The van der Waals surface area contributed by atoms with Crippen molar-refractivity contribution in [2.45, 2.75) is 6.54 Å². The fraction of sp³-hybridized carbons (Fsp3) is 0.333. The standard InChI is InChI=1S/C15H16Cl2N2S/c16-13-3-1-2-4-14(13)19-9-7-18(8-10-19)11-12-5-6-15(17)20-12/h1-6H,7-11H2. The van der Waals surface area contributed by atoms with Crippen LogP contribution in [-0.2, 0) is 6.54 Å². The third-order valence-corrected chi connectivity index (χ3v) is 5.11. The lowest BCUT2D eigenvalue weighted by Crippen LogP contribution is -2.45. The predicted octanol–water partition coefficient (Wildman–Crippen LogP) is 4.38. The third-order valence-electron chi connectivity index (χ3n) is 3.57. The number of hydrogen-bond acceptors (Lipinski definition) is 3. The number of benzene rings is 1. The minimum atomic E-state index is 0.839. The molecule has 2 aromatic rings. The van der Waals surface area contributed by atoms with Crippen molar-refractivity contribution >= 4 is 40.2 Å². The highest BCUT2D eigenvalue weighted by molar-refractivity contribution is 7.16. The van der Waals surface area contributed by atoms with Crippen molar-refractivity contribution in [2.24, 2.45) is 0 Å². The summed E-state index contributed by atoms with van der Waals surface area (Å²) in [7, 11) is 0. The van der Waals surface area contributed by atoms with Crippen LogP contribution in [0.3, 0.4) is 0 Å². The first-order valence-electron chi connectivity index (χ1n) is 6.68. The molecule has 0 aliphatic carbocycles. The van der Waals surface area contributed by atoms with Gasteiger partial charge in [-0.25, -0.2) is 0 Å². The fourth-order valence-electron chi connectivity index (χ4n) is 2.51. The van der Waals surface area contributed by atoms with Crippen molar-refractivity contribution in [3.63, 3.8) is 0 Å². The lowest BCUT2D eigenvalue weighted by molar-refractivity contribution is 0.252. The molecule has 1 aromatic heterocycles. The van der Waals surface area contributed by atoms with Crippen molar-refractivity contribution in [2.75, 3.05) is 31.1 Å². The summed E-state index contributed by atoms with van der Waals surface area (Å²) in [5, 5.41) is 0.839. The van der Waals surface area contributed by atoms with E-state index in [4.69, 9.17) is 23.2 Å². The Morgan fingerprint density at radius 3 is 2.35 bits per heavy atom. The molecule has 0 amide bonds. The summed E-state index contributed by atoms with van der Waals surface area (Å²) in [5.74, 6) is 0. The summed E-state index contributed by atoms with van der Waals surface area (Å²) in [5.41, 5.74) is 1.15. The molecule has 106 valence electrons. The van der Waals surface area contributed by atoms with Crippen LogP contribution in [0.1, 0.15) is 4.88 Å². The first-order valence-corrected chi connectivity index (χ1v) is 8.25. The van der Waals surface area contributed by atoms with E-state index in [9.17, 15) is 0 Å². The van der Waals surface area contributed by atoms with E-state index >= 15 is 0 Å². The van der Waals surface area contributed by atoms with Crippen LogP contribution in [0.25, 0.3) is 0 Å². The summed E-state index contributed by atoms with van der Waals surface area (Å²) >= 11 is 13.9. The summed E-state index contributed by atoms with van der Waals surface area (Å²) in [4.78, 5) is 6.16. The Hall–Kier alpha value is -0.740. The van der Waals surface area contributed by atoms with Gasteiger partial charge in [0.15, 0.2) is 0 Å². The lowest BCUT2D eigenvalue weighted by atomic mass is 10.2. The highest BCUT2D eigenvalue weighted by atomic mass is 35.5. The van der Waals surface area contributed by atoms with Gasteiger partial charge in [0.25, 0.3) is 0 Å². The largest absolute Gasteiger partial charge is 0.368 e. The van der Waals surface area contributed by atoms with Gasteiger partial charge in [0.05, 0.1) is 15.0 Å². The third kappa shape index (κ3) is 3.29. The second kappa shape index (κ2) is 6.35. The van der Waals surface area contributed by atoms with E-state index in [-0.39, 0.29) is 0 Å². The highest BCUT2D eigenvalue weighted by Crippen LogP contribution is 2.27. The molecule has 0 radical (unpaired) electrons. The fourth-order valence-corrected chi connectivity index (χ4v) is 3.90. The molecule has 2 nitrogen and oxygen atoms in total. The SMILES string of the molecule is Clc1ccc(CN2CCN(c3ccccc3Cl)CC2)s1. The smallest absolute Gasteiger partial charge is 0.0931 e. The first kappa shape index (κ1) is 14.2. The molecule has 0 unspecified atom stereocenters. The first-order chi connectivity index (χ1) is 9.72. The second-order valence-electron chi connectivity index (χ2n) is 4.92. The maximum atomic E-state index is 6.26. The average molecular weight is 327 g/mol. The van der Waals surface area contributed by atoms with Crippen LogP contribution in [0.15, 0.2) is 36.4 Å². The number of nitrogens with zero attached hydrogens (tertiary/aromatic N) is 2. The molecule has 2 heterocycles. The highest BCUT2D eigenvalue weighted by Gasteiger charge is 2.19. The van der Waals surface area contributed by atoms with Gasteiger partial charge in [-0.1, -0.05) is 35.3 Å². The summed E-state index contributed by atoms with van der Waals surface area (Å²) in [6, 6.07) is 12.2. The van der Waals surface area contributed by atoms with Gasteiger partial charge in [-0.05, 0) is 24.3 Å². The zero-order valence-corrected chi connectivity index (χ0v) is 13.4. The maximum absolute atomic E-state index is 6.26. The number of anilines is 1. The van der Waals surface area contributed by atoms with Crippen LogP contribution in [-0.4, -0.2) is 31.1 Å². The van der Waals surface area contributed by atoms with Gasteiger partial charge in [0.1, 0.15) is 0 Å². The van der Waals surface area contributed by atoms with E-state index in [1.807, 2.05) is 24.3 Å². The van der Waals surface area contributed by atoms with Crippen LogP contribution in [0.5, 0.6) is 0 Å². The van der Waals surface area contributed by atoms with Crippen molar-refractivity contribution in [1.29, 1.82) is 0 Å². The van der Waals surface area contributed by atoms with Crippen molar-refractivity contribution in [1.82, 2.24) is 4.90 Å². The molecule has 1 aliphatic heterocycles. The quantitative estimate of drug-likeness (QED) is 0.826. The molecule has 1 aliphatic rings. The van der Waals surface area contributed by atoms with Crippen molar-refractivity contribution in [3.8, 4) is 0 Å². The van der Waals surface area contributed by atoms with Gasteiger partial charge in [-0.3, -0.25) is 4.90 Å². The Balaban J connectivity index is 1.58. The van der Waals surface area contributed by atoms with Crippen molar-refractivity contribution in [3.05, 3.63) is 50.6 Å². The predicted molar refractivity (Wildman–Crippen MR) is 88.3 cm³/mol. The lowest BCUT2D eigenvalue weighted by Gasteiger charge is -2.36. The van der Waals surface area contributed by atoms with Crippen LogP contribution >= 0.6 is 34.5 Å². The maximum Gasteiger partial charge on any atom is 0.0931 e. The molecule has 0 atom stereocenters. The van der Waals surface area contributed by atoms with E-state index in [0.717, 1.165) is 47.8 Å². The van der Waals surface area contributed by atoms with Gasteiger partial charge in [0.2, 0.25) is 0 Å². The molecule has 5 heteroatoms. The molecule has 0 bridgehead atoms. The van der Waals surface area contributed by atoms with Crippen LogP contribution in [0, 0.1) is 0 Å². The average Bonchev–Trinajstić information content (AvgIpc) is 2.86. The molecule has 0 saturated carbocycles. The normalized spacial score (nSPS) is 16.6. The molecule has 20 heavy (non-hydrogen) atoms. The zero-order valence-electron chi connectivity index (χ0n) is 11.1. The molecule has 0 spiro atoms. The van der Waals surface area contributed by atoms with Crippen LogP contribution < -0.4 is 4.90 Å². The molecular weight excluding hydrogens is 311 g/mol. The summed E-state index contributed by atoms with van der Waals surface area (Å²) in [6.45, 7) is 5.14.